The standard InChI is InChI=1S/C9H8Cl2O2S.C9H8Cl2S/c10-6-3-7(11)5-9(4-6)14(12,13)8-1-2-8;10-6-3-7(11)5-9(4-6)12-8-1-2-8/h3-5,8H,1-2H2;3-5,8H,1-2H2. The molecule has 2 nitrogen and oxygen atoms in total. The number of halogens is 4. The normalized spacial score (nSPS) is 16.8. The van der Waals surface area contributed by atoms with Gasteiger partial charge in [-0.25, -0.2) is 8.42 Å². The van der Waals surface area contributed by atoms with Gasteiger partial charge < -0.3 is 0 Å². The monoisotopic (exact) mass is 468 g/mol. The van der Waals surface area contributed by atoms with E-state index in [1.165, 1.54) is 35.9 Å². The molecule has 0 aliphatic heterocycles. The fraction of sp³-hybridized carbons (Fsp3) is 0.333. The Bertz CT molecular complexity index is 867. The van der Waals surface area contributed by atoms with Gasteiger partial charge in [0.2, 0.25) is 0 Å². The molecule has 0 aromatic heterocycles. The summed E-state index contributed by atoms with van der Waals surface area (Å²) in [6, 6.07) is 10.1. The topological polar surface area (TPSA) is 34.1 Å². The Morgan fingerprint density at radius 1 is 0.731 bits per heavy atom. The third kappa shape index (κ3) is 5.95. The SMILES string of the molecule is Clc1cc(Cl)cc(SC2CC2)c1.O=S(=O)(c1cc(Cl)cc(Cl)c1)C1CC1. The predicted octanol–water partition coefficient (Wildman–Crippen LogP) is 7.18. The molecule has 8 heteroatoms. The summed E-state index contributed by atoms with van der Waals surface area (Å²) in [4.78, 5) is 1.42. The Kier molecular flexibility index (Phi) is 6.75. The molecule has 2 aromatic carbocycles. The third-order valence-electron chi connectivity index (χ3n) is 3.79. The van der Waals surface area contributed by atoms with Gasteiger partial charge in [-0.1, -0.05) is 46.4 Å². The molecular weight excluding hydrogens is 454 g/mol. The van der Waals surface area contributed by atoms with E-state index in [0.717, 1.165) is 28.1 Å². The molecule has 0 unspecified atom stereocenters. The van der Waals surface area contributed by atoms with Crippen LogP contribution in [0.3, 0.4) is 0 Å². The average molecular weight is 470 g/mol. The van der Waals surface area contributed by atoms with E-state index in [2.05, 4.69) is 0 Å². The zero-order valence-electron chi connectivity index (χ0n) is 13.6. The molecule has 0 spiro atoms. The van der Waals surface area contributed by atoms with Crippen molar-refractivity contribution in [1.82, 2.24) is 0 Å². The largest absolute Gasteiger partial charge is 0.223 e. The molecule has 2 fully saturated rings. The quantitative estimate of drug-likeness (QED) is 0.475. The van der Waals surface area contributed by atoms with E-state index < -0.39 is 9.84 Å². The van der Waals surface area contributed by atoms with Gasteiger partial charge in [-0.2, -0.15) is 0 Å². The van der Waals surface area contributed by atoms with E-state index in [9.17, 15) is 8.42 Å². The number of hydrogen-bond acceptors (Lipinski definition) is 3. The first-order chi connectivity index (χ1) is 12.2. The molecule has 0 N–H and O–H groups in total. The second-order valence-electron chi connectivity index (χ2n) is 6.27. The summed E-state index contributed by atoms with van der Waals surface area (Å²) in [5.74, 6) is 0. The Balaban J connectivity index is 0.000000152. The van der Waals surface area contributed by atoms with Gasteiger partial charge in [-0.15, -0.1) is 11.8 Å². The summed E-state index contributed by atoms with van der Waals surface area (Å²) in [6.07, 6.45) is 4.14. The second kappa shape index (κ2) is 8.50. The van der Waals surface area contributed by atoms with Crippen LogP contribution >= 0.6 is 58.2 Å². The zero-order valence-corrected chi connectivity index (χ0v) is 18.2. The van der Waals surface area contributed by atoms with Gasteiger partial charge >= 0.3 is 0 Å². The number of hydrogen-bond donors (Lipinski definition) is 0. The molecule has 2 aliphatic rings. The molecule has 2 aliphatic carbocycles. The number of rotatable bonds is 4. The van der Waals surface area contributed by atoms with Crippen LogP contribution in [0.15, 0.2) is 46.2 Å². The lowest BCUT2D eigenvalue weighted by molar-refractivity contribution is 0.595. The summed E-state index contributed by atoms with van der Waals surface area (Å²) in [5.41, 5.74) is 0. The Morgan fingerprint density at radius 2 is 1.19 bits per heavy atom. The summed E-state index contributed by atoms with van der Waals surface area (Å²) in [5, 5.41) is 2.75. The van der Waals surface area contributed by atoms with Crippen molar-refractivity contribution in [3.63, 3.8) is 0 Å². The average Bonchev–Trinajstić information content (AvgIpc) is 3.40. The molecule has 2 saturated carbocycles. The minimum absolute atomic E-state index is 0.225. The smallest absolute Gasteiger partial charge is 0.181 e. The highest BCUT2D eigenvalue weighted by molar-refractivity contribution is 8.00. The first-order valence-corrected chi connectivity index (χ1v) is 12.0. The maximum absolute atomic E-state index is 11.8. The van der Waals surface area contributed by atoms with E-state index >= 15 is 0 Å². The van der Waals surface area contributed by atoms with Crippen LogP contribution in [0, 0.1) is 0 Å². The minimum Gasteiger partial charge on any atom is -0.223 e. The maximum Gasteiger partial charge on any atom is 0.181 e. The molecule has 0 amide bonds. The van der Waals surface area contributed by atoms with Crippen molar-refractivity contribution in [2.24, 2.45) is 0 Å². The molecule has 140 valence electrons. The molecule has 2 aromatic rings. The van der Waals surface area contributed by atoms with E-state index in [-0.39, 0.29) is 10.1 Å². The fourth-order valence-corrected chi connectivity index (χ4v) is 6.42. The van der Waals surface area contributed by atoms with E-state index in [0.29, 0.717) is 10.0 Å². The summed E-state index contributed by atoms with van der Waals surface area (Å²) in [7, 11) is -3.18. The summed E-state index contributed by atoms with van der Waals surface area (Å²) in [6.45, 7) is 0. The van der Waals surface area contributed by atoms with E-state index in [1.807, 2.05) is 23.9 Å². The molecular formula is C18H16Cl4O2S2. The van der Waals surface area contributed by atoms with Crippen LogP contribution in [-0.4, -0.2) is 18.9 Å². The molecule has 26 heavy (non-hydrogen) atoms. The first kappa shape index (κ1) is 20.6. The first-order valence-electron chi connectivity index (χ1n) is 8.07. The van der Waals surface area contributed by atoms with E-state index in [1.54, 1.807) is 6.07 Å². The van der Waals surface area contributed by atoms with Crippen molar-refractivity contribution in [1.29, 1.82) is 0 Å². The van der Waals surface area contributed by atoms with E-state index in [4.69, 9.17) is 46.4 Å². The highest BCUT2D eigenvalue weighted by atomic mass is 35.5. The van der Waals surface area contributed by atoms with Gasteiger partial charge in [-0.05, 0) is 62.1 Å². The third-order valence-corrected chi connectivity index (χ3v) is 8.22. The lowest BCUT2D eigenvalue weighted by Gasteiger charge is -2.03. The lowest BCUT2D eigenvalue weighted by Crippen LogP contribution is -2.06. The minimum atomic E-state index is -3.18. The molecule has 0 bridgehead atoms. The van der Waals surface area contributed by atoms with Crippen molar-refractivity contribution in [3.05, 3.63) is 56.5 Å². The molecule has 0 heterocycles. The summed E-state index contributed by atoms with van der Waals surface area (Å²) < 4.78 is 23.6. The zero-order chi connectivity index (χ0) is 18.9. The second-order valence-corrected chi connectivity index (χ2v) is 11.6. The van der Waals surface area contributed by atoms with Crippen LogP contribution in [0.5, 0.6) is 0 Å². The van der Waals surface area contributed by atoms with Gasteiger partial charge in [-0.3, -0.25) is 0 Å². The van der Waals surface area contributed by atoms with Crippen LogP contribution in [-0.2, 0) is 9.84 Å². The maximum atomic E-state index is 11.8. The highest BCUT2D eigenvalue weighted by Crippen LogP contribution is 2.40. The van der Waals surface area contributed by atoms with Crippen molar-refractivity contribution in [3.8, 4) is 0 Å². The van der Waals surface area contributed by atoms with Gasteiger partial charge in [0.1, 0.15) is 0 Å². The van der Waals surface area contributed by atoms with Crippen molar-refractivity contribution >= 4 is 68.0 Å². The van der Waals surface area contributed by atoms with Crippen LogP contribution in [0.25, 0.3) is 0 Å². The van der Waals surface area contributed by atoms with Gasteiger partial charge in [0.25, 0.3) is 0 Å². The van der Waals surface area contributed by atoms with Crippen LogP contribution < -0.4 is 0 Å². The number of sulfone groups is 1. The fourth-order valence-electron chi connectivity index (χ4n) is 2.24. The van der Waals surface area contributed by atoms with Crippen molar-refractivity contribution in [2.75, 3.05) is 0 Å². The Labute approximate surface area is 178 Å². The number of thioether (sulfide) groups is 1. The molecule has 0 radical (unpaired) electrons. The van der Waals surface area contributed by atoms with Crippen LogP contribution in [0.2, 0.25) is 20.1 Å². The molecule has 4 rings (SSSR count). The van der Waals surface area contributed by atoms with Crippen molar-refractivity contribution < 1.29 is 8.42 Å². The Hall–Kier alpha value is -0.100. The molecule has 0 atom stereocenters. The van der Waals surface area contributed by atoms with Gasteiger partial charge in [0, 0.05) is 30.2 Å². The summed E-state index contributed by atoms with van der Waals surface area (Å²) >= 11 is 25.0. The van der Waals surface area contributed by atoms with Gasteiger partial charge in [0.15, 0.2) is 9.84 Å². The predicted molar refractivity (Wildman–Crippen MR) is 112 cm³/mol. The van der Waals surface area contributed by atoms with Crippen LogP contribution in [0.4, 0.5) is 0 Å². The Morgan fingerprint density at radius 3 is 1.62 bits per heavy atom. The van der Waals surface area contributed by atoms with Crippen molar-refractivity contribution in [2.45, 2.75) is 46.0 Å². The van der Waals surface area contributed by atoms with Gasteiger partial charge in [0.05, 0.1) is 10.1 Å². The highest BCUT2D eigenvalue weighted by Gasteiger charge is 2.37. The molecule has 0 saturated heterocycles. The number of benzene rings is 2. The van der Waals surface area contributed by atoms with Crippen LogP contribution in [0.1, 0.15) is 25.7 Å². The lowest BCUT2D eigenvalue weighted by atomic mass is 10.4.